The standard InChI is InChI=1S/C10H16N4O/c1-2-15-9-5-3-8(4-6-9)7-13-10(11)14-12/h3-6H,2,7,12H2,1H3,(H3,11,13,14). The first-order valence-electron chi connectivity index (χ1n) is 4.74. The highest BCUT2D eigenvalue weighted by Gasteiger charge is 1.94. The zero-order valence-corrected chi connectivity index (χ0v) is 8.73. The van der Waals surface area contributed by atoms with Crippen LogP contribution in [0.2, 0.25) is 0 Å². The summed E-state index contributed by atoms with van der Waals surface area (Å²) in [5.74, 6) is 6.16. The fourth-order valence-electron chi connectivity index (χ4n) is 1.08. The lowest BCUT2D eigenvalue weighted by Gasteiger charge is -2.03. The van der Waals surface area contributed by atoms with Crippen molar-refractivity contribution in [1.29, 1.82) is 0 Å². The Kier molecular flexibility index (Phi) is 4.43. The van der Waals surface area contributed by atoms with Crippen molar-refractivity contribution in [3.05, 3.63) is 29.8 Å². The summed E-state index contributed by atoms with van der Waals surface area (Å²) in [7, 11) is 0. The molecule has 0 amide bonds. The van der Waals surface area contributed by atoms with E-state index in [2.05, 4.69) is 10.4 Å². The topological polar surface area (TPSA) is 85.7 Å². The van der Waals surface area contributed by atoms with E-state index in [0.717, 1.165) is 11.3 Å². The third-order valence-electron chi connectivity index (χ3n) is 1.81. The molecular formula is C10H16N4O. The van der Waals surface area contributed by atoms with Gasteiger partial charge in [0, 0.05) is 0 Å². The lowest BCUT2D eigenvalue weighted by molar-refractivity contribution is 0.340. The quantitative estimate of drug-likeness (QED) is 0.289. The Labute approximate surface area is 89.1 Å². The highest BCUT2D eigenvalue weighted by atomic mass is 16.5. The third-order valence-corrected chi connectivity index (χ3v) is 1.81. The maximum absolute atomic E-state index is 5.39. The third kappa shape index (κ3) is 3.86. The number of ether oxygens (including phenoxy) is 1. The number of hydrogen-bond donors (Lipinski definition) is 3. The van der Waals surface area contributed by atoms with Crippen molar-refractivity contribution in [1.82, 2.24) is 5.43 Å². The van der Waals surface area contributed by atoms with E-state index in [4.69, 9.17) is 16.3 Å². The number of guanidine groups is 1. The minimum atomic E-state index is 0.226. The van der Waals surface area contributed by atoms with Crippen LogP contribution in [0.3, 0.4) is 0 Å². The van der Waals surface area contributed by atoms with E-state index in [1.165, 1.54) is 0 Å². The highest BCUT2D eigenvalue weighted by Crippen LogP contribution is 2.12. The lowest BCUT2D eigenvalue weighted by Crippen LogP contribution is -2.37. The number of hydrogen-bond acceptors (Lipinski definition) is 3. The molecule has 0 aliphatic carbocycles. The van der Waals surface area contributed by atoms with Crippen molar-refractivity contribution in [3.8, 4) is 5.75 Å². The number of benzene rings is 1. The van der Waals surface area contributed by atoms with Crippen LogP contribution in [0.1, 0.15) is 12.5 Å². The molecule has 0 radical (unpaired) electrons. The Bertz CT molecular complexity index is 321. The Morgan fingerprint density at radius 2 is 2.07 bits per heavy atom. The number of nitrogens with two attached hydrogens (primary N) is 2. The number of aliphatic imine (C=N–C) groups is 1. The van der Waals surface area contributed by atoms with Gasteiger partial charge in [-0.1, -0.05) is 12.1 Å². The maximum atomic E-state index is 5.39. The summed E-state index contributed by atoms with van der Waals surface area (Å²) in [6.45, 7) is 3.12. The normalized spacial score (nSPS) is 11.2. The van der Waals surface area contributed by atoms with Gasteiger partial charge in [-0.25, -0.2) is 10.8 Å². The fraction of sp³-hybridized carbons (Fsp3) is 0.300. The van der Waals surface area contributed by atoms with Crippen LogP contribution >= 0.6 is 0 Å². The molecule has 0 aliphatic heterocycles. The molecule has 1 rings (SSSR count). The minimum absolute atomic E-state index is 0.226. The molecule has 0 aliphatic rings. The molecule has 0 spiro atoms. The predicted octanol–water partition coefficient (Wildman–Crippen LogP) is 0.363. The van der Waals surface area contributed by atoms with Crippen LogP contribution in [-0.2, 0) is 6.54 Å². The van der Waals surface area contributed by atoms with E-state index in [0.29, 0.717) is 13.2 Å². The van der Waals surface area contributed by atoms with Gasteiger partial charge in [0.15, 0.2) is 0 Å². The molecule has 0 saturated heterocycles. The van der Waals surface area contributed by atoms with Crippen LogP contribution in [0.15, 0.2) is 29.3 Å². The Morgan fingerprint density at radius 1 is 1.40 bits per heavy atom. The van der Waals surface area contributed by atoms with Crippen LogP contribution in [-0.4, -0.2) is 12.6 Å². The van der Waals surface area contributed by atoms with Crippen molar-refractivity contribution < 1.29 is 4.74 Å². The number of nitrogens with zero attached hydrogens (tertiary/aromatic N) is 1. The van der Waals surface area contributed by atoms with E-state index in [9.17, 15) is 0 Å². The van der Waals surface area contributed by atoms with Crippen LogP contribution in [0.4, 0.5) is 0 Å². The maximum Gasteiger partial charge on any atom is 0.203 e. The first kappa shape index (κ1) is 11.3. The lowest BCUT2D eigenvalue weighted by atomic mass is 10.2. The second kappa shape index (κ2) is 5.87. The van der Waals surface area contributed by atoms with E-state index < -0.39 is 0 Å². The van der Waals surface area contributed by atoms with Gasteiger partial charge in [-0.3, -0.25) is 5.43 Å². The van der Waals surface area contributed by atoms with Gasteiger partial charge in [-0.05, 0) is 24.6 Å². The second-order valence-corrected chi connectivity index (χ2v) is 2.92. The fourth-order valence-corrected chi connectivity index (χ4v) is 1.08. The van der Waals surface area contributed by atoms with Gasteiger partial charge >= 0.3 is 0 Å². The molecule has 0 heterocycles. The molecule has 15 heavy (non-hydrogen) atoms. The van der Waals surface area contributed by atoms with Gasteiger partial charge in [0.25, 0.3) is 0 Å². The molecule has 0 unspecified atom stereocenters. The monoisotopic (exact) mass is 208 g/mol. The van der Waals surface area contributed by atoms with E-state index >= 15 is 0 Å². The summed E-state index contributed by atoms with van der Waals surface area (Å²) in [6.07, 6.45) is 0. The first-order valence-corrected chi connectivity index (χ1v) is 4.74. The molecule has 1 aromatic rings. The van der Waals surface area contributed by atoms with Crippen molar-refractivity contribution in [3.63, 3.8) is 0 Å². The summed E-state index contributed by atoms with van der Waals surface area (Å²) >= 11 is 0. The SMILES string of the molecule is CCOc1ccc(CN=C(N)NN)cc1. The first-order chi connectivity index (χ1) is 7.26. The number of rotatable bonds is 4. The second-order valence-electron chi connectivity index (χ2n) is 2.92. The van der Waals surface area contributed by atoms with E-state index in [1.54, 1.807) is 0 Å². The smallest absolute Gasteiger partial charge is 0.203 e. The minimum Gasteiger partial charge on any atom is -0.494 e. The average molecular weight is 208 g/mol. The van der Waals surface area contributed by atoms with Gasteiger partial charge in [-0.2, -0.15) is 0 Å². The number of hydrazine groups is 1. The Hall–Kier alpha value is -1.75. The van der Waals surface area contributed by atoms with Crippen LogP contribution in [0, 0.1) is 0 Å². The molecular weight excluding hydrogens is 192 g/mol. The Morgan fingerprint density at radius 3 is 2.60 bits per heavy atom. The summed E-state index contributed by atoms with van der Waals surface area (Å²) < 4.78 is 5.31. The zero-order valence-electron chi connectivity index (χ0n) is 8.73. The van der Waals surface area contributed by atoms with Gasteiger partial charge in [0.1, 0.15) is 5.75 Å². The molecule has 0 bridgehead atoms. The molecule has 1 aromatic carbocycles. The average Bonchev–Trinajstić information content (AvgIpc) is 2.28. The summed E-state index contributed by atoms with van der Waals surface area (Å²) in [5.41, 5.74) is 8.71. The van der Waals surface area contributed by atoms with Crippen LogP contribution in [0.25, 0.3) is 0 Å². The van der Waals surface area contributed by atoms with Gasteiger partial charge in [-0.15, -0.1) is 0 Å². The summed E-state index contributed by atoms with van der Waals surface area (Å²) in [4.78, 5) is 4.01. The van der Waals surface area contributed by atoms with Gasteiger partial charge in [0.2, 0.25) is 5.96 Å². The molecule has 5 heteroatoms. The zero-order chi connectivity index (χ0) is 11.1. The summed E-state index contributed by atoms with van der Waals surface area (Å²) in [6, 6.07) is 7.69. The van der Waals surface area contributed by atoms with Crippen molar-refractivity contribution >= 4 is 5.96 Å². The highest BCUT2D eigenvalue weighted by molar-refractivity contribution is 5.77. The van der Waals surface area contributed by atoms with Crippen molar-refractivity contribution in [2.45, 2.75) is 13.5 Å². The summed E-state index contributed by atoms with van der Waals surface area (Å²) in [5, 5.41) is 0. The largest absolute Gasteiger partial charge is 0.494 e. The van der Waals surface area contributed by atoms with Crippen LogP contribution in [0.5, 0.6) is 5.75 Å². The predicted molar refractivity (Wildman–Crippen MR) is 60.3 cm³/mol. The van der Waals surface area contributed by atoms with E-state index in [-0.39, 0.29) is 5.96 Å². The van der Waals surface area contributed by atoms with Crippen molar-refractivity contribution in [2.75, 3.05) is 6.61 Å². The van der Waals surface area contributed by atoms with Crippen LogP contribution < -0.4 is 21.7 Å². The molecule has 5 nitrogen and oxygen atoms in total. The molecule has 0 atom stereocenters. The Balaban J connectivity index is 2.56. The number of nitrogens with one attached hydrogen (secondary N) is 1. The molecule has 5 N–H and O–H groups in total. The van der Waals surface area contributed by atoms with Crippen molar-refractivity contribution in [2.24, 2.45) is 16.6 Å². The van der Waals surface area contributed by atoms with E-state index in [1.807, 2.05) is 31.2 Å². The molecule has 0 saturated carbocycles. The van der Waals surface area contributed by atoms with Gasteiger partial charge < -0.3 is 10.5 Å². The molecule has 0 aromatic heterocycles. The molecule has 82 valence electrons. The molecule has 0 fully saturated rings. The van der Waals surface area contributed by atoms with Gasteiger partial charge in [0.05, 0.1) is 13.2 Å².